The minimum atomic E-state index is -0.627. The number of methoxy groups -OCH3 is 1. The number of hydrogen-bond acceptors (Lipinski definition) is 5. The lowest BCUT2D eigenvalue weighted by molar-refractivity contribution is -0.857. The summed E-state index contributed by atoms with van der Waals surface area (Å²) in [5.41, 5.74) is 0.706. The first-order valence-corrected chi connectivity index (χ1v) is 10.8. The molecule has 164 valence electrons. The van der Waals surface area contributed by atoms with Crippen LogP contribution < -0.4 is 15.0 Å². The summed E-state index contributed by atoms with van der Waals surface area (Å²) in [4.78, 5) is 33.0. The molecule has 2 aromatic rings. The number of halogens is 1. The van der Waals surface area contributed by atoms with Crippen LogP contribution in [0.1, 0.15) is 6.42 Å². The number of quaternary nitrogens is 1. The fraction of sp³-hybridized carbons (Fsp3) is 0.318. The van der Waals surface area contributed by atoms with Gasteiger partial charge in [-0.3, -0.25) is 14.5 Å². The smallest absolute Gasteiger partial charge is 0.242 e. The van der Waals surface area contributed by atoms with E-state index in [-0.39, 0.29) is 18.0 Å². The van der Waals surface area contributed by atoms with E-state index in [1.807, 2.05) is 32.3 Å². The number of amides is 2. The van der Waals surface area contributed by atoms with Gasteiger partial charge in [-0.05, 0) is 24.3 Å². The van der Waals surface area contributed by atoms with Crippen molar-refractivity contribution in [3.63, 3.8) is 0 Å². The van der Waals surface area contributed by atoms with Crippen molar-refractivity contribution in [3.8, 4) is 5.75 Å². The highest BCUT2D eigenvalue weighted by molar-refractivity contribution is 8.15. The number of thioether (sulfide) groups is 1. The molecule has 0 aromatic heterocycles. The highest BCUT2D eigenvalue weighted by Crippen LogP contribution is 2.34. The fourth-order valence-electron chi connectivity index (χ4n) is 3.02. The van der Waals surface area contributed by atoms with E-state index in [2.05, 4.69) is 10.3 Å². The summed E-state index contributed by atoms with van der Waals surface area (Å²) in [7, 11) is 5.57. The van der Waals surface area contributed by atoms with Gasteiger partial charge in [-0.1, -0.05) is 36.0 Å². The minimum absolute atomic E-state index is 0.0753. The van der Waals surface area contributed by atoms with Gasteiger partial charge in [0.25, 0.3) is 0 Å². The number of benzene rings is 2. The first-order valence-electron chi connectivity index (χ1n) is 9.92. The molecule has 7 nitrogen and oxygen atoms in total. The van der Waals surface area contributed by atoms with Crippen LogP contribution in [-0.2, 0) is 9.59 Å². The number of likely N-dealkylation sites (N-methyl/N-ethyl adjacent to an activating group) is 1. The number of hydrogen-bond donors (Lipinski definition) is 2. The Morgan fingerprint density at radius 3 is 2.65 bits per heavy atom. The Morgan fingerprint density at radius 2 is 1.94 bits per heavy atom. The molecule has 9 heteroatoms. The van der Waals surface area contributed by atoms with Gasteiger partial charge >= 0.3 is 0 Å². The molecule has 0 bridgehead atoms. The normalized spacial score (nSPS) is 17.5. The number of nitrogens with one attached hydrogen (secondary N) is 2. The van der Waals surface area contributed by atoms with Crippen LogP contribution in [0.4, 0.5) is 15.8 Å². The van der Waals surface area contributed by atoms with Gasteiger partial charge in [0.05, 0.1) is 40.0 Å². The summed E-state index contributed by atoms with van der Waals surface area (Å²) in [6.07, 6.45) is -0.0753. The number of nitrogens with zero attached hydrogens (tertiary/aromatic N) is 2. The molecule has 2 amide bonds. The van der Waals surface area contributed by atoms with Gasteiger partial charge in [-0.25, -0.2) is 9.38 Å². The average Bonchev–Trinajstić information content (AvgIpc) is 3.02. The maximum atomic E-state index is 13.8. The molecular weight excluding hydrogens is 419 g/mol. The predicted molar refractivity (Wildman–Crippen MR) is 121 cm³/mol. The van der Waals surface area contributed by atoms with E-state index in [1.165, 1.54) is 28.8 Å². The van der Waals surface area contributed by atoms with Crippen molar-refractivity contribution in [2.45, 2.75) is 11.7 Å². The standard InChI is InChI=1S/C22H25FN4O3S/c1-26(2)12-13-27-21(29)19(14-20(28)24-16-9-5-4-8-15(16)23)31-22(27)25-17-10-6-7-11-18(17)30-3/h4-11,19H,12-14H2,1-3H3,(H,24,28)/p+1/t19-/m1/s1. The quantitative estimate of drug-likeness (QED) is 0.651. The third-order valence-corrected chi connectivity index (χ3v) is 5.85. The molecule has 1 atom stereocenters. The van der Waals surface area contributed by atoms with Crippen molar-refractivity contribution in [2.75, 3.05) is 39.6 Å². The molecule has 0 saturated carbocycles. The summed E-state index contributed by atoms with van der Waals surface area (Å²) in [6.45, 7) is 1.21. The van der Waals surface area contributed by atoms with Crippen molar-refractivity contribution >= 4 is 40.1 Å². The van der Waals surface area contributed by atoms with E-state index in [9.17, 15) is 14.0 Å². The maximum absolute atomic E-state index is 13.8. The number of para-hydroxylation sites is 3. The Kier molecular flexibility index (Phi) is 7.64. The van der Waals surface area contributed by atoms with E-state index in [1.54, 1.807) is 30.2 Å². The van der Waals surface area contributed by atoms with Crippen molar-refractivity contribution in [3.05, 3.63) is 54.3 Å². The predicted octanol–water partition coefficient (Wildman–Crippen LogP) is 1.94. The Labute approximate surface area is 185 Å². The number of carbonyl (C=O) groups excluding carboxylic acids is 2. The molecule has 1 aliphatic heterocycles. The monoisotopic (exact) mass is 445 g/mol. The van der Waals surface area contributed by atoms with Crippen LogP contribution in [0.25, 0.3) is 0 Å². The second kappa shape index (κ2) is 10.4. The third-order valence-electron chi connectivity index (χ3n) is 4.68. The lowest BCUT2D eigenvalue weighted by atomic mass is 10.2. The first-order chi connectivity index (χ1) is 14.9. The molecule has 1 heterocycles. The molecule has 1 aliphatic rings. The van der Waals surface area contributed by atoms with E-state index >= 15 is 0 Å². The van der Waals surface area contributed by atoms with Crippen molar-refractivity contribution < 1.29 is 23.6 Å². The van der Waals surface area contributed by atoms with Gasteiger partial charge in [0.15, 0.2) is 5.17 Å². The van der Waals surface area contributed by atoms with Crippen LogP contribution in [0, 0.1) is 5.82 Å². The molecular formula is C22H26FN4O3S+. The Morgan fingerprint density at radius 1 is 1.23 bits per heavy atom. The molecule has 1 saturated heterocycles. The zero-order chi connectivity index (χ0) is 22.4. The molecule has 2 aromatic carbocycles. The highest BCUT2D eigenvalue weighted by Gasteiger charge is 2.39. The van der Waals surface area contributed by atoms with Crippen molar-refractivity contribution in [1.29, 1.82) is 0 Å². The SMILES string of the molecule is COc1ccccc1N=C1S[C@H](CC(=O)Nc2ccccc2F)C(=O)N1CC[NH+](C)C. The minimum Gasteiger partial charge on any atom is -0.494 e. The molecule has 31 heavy (non-hydrogen) atoms. The van der Waals surface area contributed by atoms with Gasteiger partial charge in [0, 0.05) is 6.42 Å². The molecule has 1 fully saturated rings. The van der Waals surface area contributed by atoms with Crippen LogP contribution in [0.15, 0.2) is 53.5 Å². The molecule has 0 aliphatic carbocycles. The number of carbonyl (C=O) groups is 2. The van der Waals surface area contributed by atoms with E-state index in [4.69, 9.17) is 4.74 Å². The zero-order valence-corrected chi connectivity index (χ0v) is 18.5. The van der Waals surface area contributed by atoms with E-state index in [0.717, 1.165) is 6.54 Å². The van der Waals surface area contributed by atoms with Crippen LogP contribution in [0.2, 0.25) is 0 Å². The van der Waals surface area contributed by atoms with Gasteiger partial charge in [-0.15, -0.1) is 0 Å². The lowest BCUT2D eigenvalue weighted by Gasteiger charge is -2.18. The van der Waals surface area contributed by atoms with Gasteiger partial charge in [-0.2, -0.15) is 0 Å². The Balaban J connectivity index is 1.79. The lowest BCUT2D eigenvalue weighted by Crippen LogP contribution is -3.06. The van der Waals surface area contributed by atoms with E-state index < -0.39 is 17.0 Å². The molecule has 3 rings (SSSR count). The number of anilines is 1. The van der Waals surface area contributed by atoms with Crippen LogP contribution in [0.5, 0.6) is 5.75 Å². The number of rotatable bonds is 8. The van der Waals surface area contributed by atoms with Crippen molar-refractivity contribution in [1.82, 2.24) is 4.90 Å². The summed E-state index contributed by atoms with van der Waals surface area (Å²) >= 11 is 1.24. The zero-order valence-electron chi connectivity index (χ0n) is 17.7. The van der Waals surface area contributed by atoms with Gasteiger partial charge < -0.3 is 15.0 Å². The molecule has 0 radical (unpaired) electrons. The number of aliphatic imine (C=N–C) groups is 1. The topological polar surface area (TPSA) is 75.4 Å². The summed E-state index contributed by atoms with van der Waals surface area (Å²) in [5.74, 6) is -0.520. The summed E-state index contributed by atoms with van der Waals surface area (Å²) < 4.78 is 19.2. The van der Waals surface area contributed by atoms with E-state index in [0.29, 0.717) is 23.1 Å². The molecule has 0 spiro atoms. The van der Waals surface area contributed by atoms with Crippen LogP contribution in [0.3, 0.4) is 0 Å². The Hall–Kier alpha value is -2.91. The Bertz CT molecular complexity index is 983. The maximum Gasteiger partial charge on any atom is 0.242 e. The number of ether oxygens (including phenoxy) is 1. The second-order valence-corrected chi connectivity index (χ2v) is 8.52. The van der Waals surface area contributed by atoms with Crippen LogP contribution in [-0.4, -0.2) is 61.4 Å². The van der Waals surface area contributed by atoms with Gasteiger partial charge in [0.1, 0.15) is 22.5 Å². The second-order valence-electron chi connectivity index (χ2n) is 7.35. The molecule has 2 N–H and O–H groups in total. The number of amidine groups is 1. The average molecular weight is 446 g/mol. The summed E-state index contributed by atoms with van der Waals surface area (Å²) in [5, 5.41) is 2.44. The van der Waals surface area contributed by atoms with Crippen molar-refractivity contribution in [2.24, 2.45) is 4.99 Å². The first kappa shape index (κ1) is 22.8. The highest BCUT2D eigenvalue weighted by atomic mass is 32.2. The summed E-state index contributed by atoms with van der Waals surface area (Å²) in [6, 6.07) is 13.2. The molecule has 0 unspecified atom stereocenters. The van der Waals surface area contributed by atoms with Crippen LogP contribution >= 0.6 is 11.8 Å². The largest absolute Gasteiger partial charge is 0.494 e. The fourth-order valence-corrected chi connectivity index (χ4v) is 4.20. The van der Waals surface area contributed by atoms with Gasteiger partial charge in [0.2, 0.25) is 11.8 Å². The third kappa shape index (κ3) is 5.83.